The summed E-state index contributed by atoms with van der Waals surface area (Å²) in [6, 6.07) is 3.54. The van der Waals surface area contributed by atoms with Crippen LogP contribution in [0, 0.1) is 5.92 Å². The van der Waals surface area contributed by atoms with Crippen LogP contribution in [-0.4, -0.2) is 24.3 Å². The molecule has 108 valence electrons. The van der Waals surface area contributed by atoms with Gasteiger partial charge in [0.2, 0.25) is 12.7 Å². The van der Waals surface area contributed by atoms with E-state index in [0.717, 1.165) is 18.4 Å². The quantitative estimate of drug-likeness (QED) is 0.831. The third kappa shape index (κ3) is 3.54. The standard InChI is InChI=1S/C12H12ClNO3.CH2O2/c13-9-4-11-10(16-6-17-11)3-8(9)5-14-12(15)7-1-2-7;2-1-3/h3-4,7H,1-2,5-6H2,(H,14,15);1H,(H,2,3). The summed E-state index contributed by atoms with van der Waals surface area (Å²) in [4.78, 5) is 19.9. The Balaban J connectivity index is 0.000000452. The monoisotopic (exact) mass is 299 g/mol. The number of rotatable bonds is 3. The van der Waals surface area contributed by atoms with Crippen molar-refractivity contribution in [3.8, 4) is 11.5 Å². The lowest BCUT2D eigenvalue weighted by Crippen LogP contribution is -2.24. The van der Waals surface area contributed by atoms with Crippen LogP contribution in [0.4, 0.5) is 0 Å². The van der Waals surface area contributed by atoms with Gasteiger partial charge in [0.1, 0.15) is 0 Å². The van der Waals surface area contributed by atoms with Crippen LogP contribution in [0.1, 0.15) is 18.4 Å². The number of nitrogens with one attached hydrogen (secondary N) is 1. The molecule has 0 spiro atoms. The van der Waals surface area contributed by atoms with E-state index in [0.29, 0.717) is 23.1 Å². The average molecular weight is 300 g/mol. The van der Waals surface area contributed by atoms with Gasteiger partial charge in [-0.3, -0.25) is 9.59 Å². The summed E-state index contributed by atoms with van der Waals surface area (Å²) in [6.07, 6.45) is 2.00. The van der Waals surface area contributed by atoms with Crippen molar-refractivity contribution in [2.24, 2.45) is 5.92 Å². The Morgan fingerprint density at radius 3 is 2.60 bits per heavy atom. The molecule has 1 saturated carbocycles. The van der Waals surface area contributed by atoms with Gasteiger partial charge in [0.15, 0.2) is 11.5 Å². The minimum absolute atomic E-state index is 0.110. The Morgan fingerprint density at radius 1 is 1.40 bits per heavy atom. The minimum atomic E-state index is -0.250. The molecule has 0 radical (unpaired) electrons. The predicted molar refractivity (Wildman–Crippen MR) is 70.8 cm³/mol. The second-order valence-electron chi connectivity index (χ2n) is 4.39. The predicted octanol–water partition coefficient (Wildman–Crippen LogP) is 1.80. The van der Waals surface area contributed by atoms with Gasteiger partial charge < -0.3 is 19.9 Å². The molecule has 0 saturated heterocycles. The number of carboxylic acid groups (broad SMARTS) is 1. The SMILES string of the molecule is O=C(NCc1cc2c(cc1Cl)OCO2)C1CC1.O=CO. The van der Waals surface area contributed by atoms with Gasteiger partial charge in [-0.2, -0.15) is 0 Å². The summed E-state index contributed by atoms with van der Waals surface area (Å²) in [5, 5.41) is 10.4. The van der Waals surface area contributed by atoms with E-state index in [2.05, 4.69) is 5.32 Å². The molecule has 7 heteroatoms. The van der Waals surface area contributed by atoms with Crippen molar-refractivity contribution >= 4 is 24.0 Å². The molecular formula is C13H14ClNO5. The van der Waals surface area contributed by atoms with Crippen molar-refractivity contribution < 1.29 is 24.2 Å². The van der Waals surface area contributed by atoms with E-state index >= 15 is 0 Å². The van der Waals surface area contributed by atoms with E-state index in [9.17, 15) is 4.79 Å². The number of halogens is 1. The van der Waals surface area contributed by atoms with Crippen molar-refractivity contribution in [3.05, 3.63) is 22.7 Å². The lowest BCUT2D eigenvalue weighted by atomic mass is 10.2. The first-order chi connectivity index (χ1) is 9.65. The maximum atomic E-state index is 11.5. The highest BCUT2D eigenvalue weighted by atomic mass is 35.5. The first-order valence-electron chi connectivity index (χ1n) is 6.09. The molecule has 0 atom stereocenters. The first kappa shape index (κ1) is 14.5. The van der Waals surface area contributed by atoms with E-state index < -0.39 is 0 Å². The molecule has 0 bridgehead atoms. The second kappa shape index (κ2) is 6.47. The molecular weight excluding hydrogens is 286 g/mol. The van der Waals surface area contributed by atoms with Gasteiger partial charge >= 0.3 is 0 Å². The molecule has 6 nitrogen and oxygen atoms in total. The van der Waals surface area contributed by atoms with Crippen LogP contribution < -0.4 is 14.8 Å². The highest BCUT2D eigenvalue weighted by Crippen LogP contribution is 2.37. The van der Waals surface area contributed by atoms with Crippen molar-refractivity contribution in [1.82, 2.24) is 5.32 Å². The second-order valence-corrected chi connectivity index (χ2v) is 4.80. The minimum Gasteiger partial charge on any atom is -0.483 e. The molecule has 1 amide bonds. The Hall–Kier alpha value is -1.95. The fourth-order valence-corrected chi connectivity index (χ4v) is 1.99. The van der Waals surface area contributed by atoms with Gasteiger partial charge in [0, 0.05) is 23.6 Å². The summed E-state index contributed by atoms with van der Waals surface area (Å²) < 4.78 is 10.5. The van der Waals surface area contributed by atoms with Crippen molar-refractivity contribution in [3.63, 3.8) is 0 Å². The lowest BCUT2D eigenvalue weighted by molar-refractivity contribution is -0.123. The van der Waals surface area contributed by atoms with Crippen LogP contribution in [-0.2, 0) is 16.1 Å². The van der Waals surface area contributed by atoms with Crippen LogP contribution in [0.3, 0.4) is 0 Å². The van der Waals surface area contributed by atoms with E-state index in [-0.39, 0.29) is 25.1 Å². The van der Waals surface area contributed by atoms with Gasteiger partial charge in [-0.05, 0) is 24.5 Å². The lowest BCUT2D eigenvalue weighted by Gasteiger charge is -2.07. The van der Waals surface area contributed by atoms with Gasteiger partial charge in [-0.1, -0.05) is 11.6 Å². The molecule has 1 heterocycles. The van der Waals surface area contributed by atoms with Crippen LogP contribution >= 0.6 is 11.6 Å². The first-order valence-corrected chi connectivity index (χ1v) is 6.47. The molecule has 3 rings (SSSR count). The van der Waals surface area contributed by atoms with E-state index in [1.165, 1.54) is 0 Å². The van der Waals surface area contributed by atoms with Crippen LogP contribution in [0.15, 0.2) is 12.1 Å². The number of benzene rings is 1. The molecule has 1 aromatic rings. The van der Waals surface area contributed by atoms with Gasteiger partial charge in [0.05, 0.1) is 0 Å². The Bertz CT molecular complexity index is 516. The van der Waals surface area contributed by atoms with E-state index in [4.69, 9.17) is 31.0 Å². The van der Waals surface area contributed by atoms with Gasteiger partial charge in [-0.25, -0.2) is 0 Å². The third-order valence-electron chi connectivity index (χ3n) is 2.94. The maximum absolute atomic E-state index is 11.5. The Labute approximate surface area is 120 Å². The molecule has 1 aliphatic carbocycles. The number of fused-ring (bicyclic) bond motifs is 1. The number of hydrogen-bond acceptors (Lipinski definition) is 4. The van der Waals surface area contributed by atoms with Crippen LogP contribution in [0.2, 0.25) is 5.02 Å². The maximum Gasteiger partial charge on any atom is 0.290 e. The zero-order valence-electron chi connectivity index (χ0n) is 10.6. The number of hydrogen-bond donors (Lipinski definition) is 2. The number of carbonyl (C=O) groups is 2. The number of amides is 1. The molecule has 2 aliphatic rings. The van der Waals surface area contributed by atoms with Gasteiger partial charge in [-0.15, -0.1) is 0 Å². The van der Waals surface area contributed by atoms with Crippen LogP contribution in [0.5, 0.6) is 11.5 Å². The average Bonchev–Trinajstić information content (AvgIpc) is 3.17. The molecule has 2 N–H and O–H groups in total. The third-order valence-corrected chi connectivity index (χ3v) is 3.29. The Kier molecular flexibility index (Phi) is 4.68. The number of ether oxygens (including phenoxy) is 2. The zero-order valence-corrected chi connectivity index (χ0v) is 11.4. The van der Waals surface area contributed by atoms with Crippen molar-refractivity contribution in [1.29, 1.82) is 0 Å². The van der Waals surface area contributed by atoms with E-state index in [1.807, 2.05) is 6.07 Å². The molecule has 20 heavy (non-hydrogen) atoms. The summed E-state index contributed by atoms with van der Waals surface area (Å²) in [5.74, 6) is 1.67. The molecule has 1 fully saturated rings. The van der Waals surface area contributed by atoms with E-state index in [1.54, 1.807) is 6.07 Å². The fraction of sp³-hybridized carbons (Fsp3) is 0.385. The molecule has 1 aromatic carbocycles. The molecule has 0 aromatic heterocycles. The summed E-state index contributed by atoms with van der Waals surface area (Å²) in [6.45, 7) is 0.411. The normalized spacial score (nSPS) is 15.1. The van der Waals surface area contributed by atoms with Crippen molar-refractivity contribution in [2.75, 3.05) is 6.79 Å². The largest absolute Gasteiger partial charge is 0.483 e. The van der Waals surface area contributed by atoms with Gasteiger partial charge in [0.25, 0.3) is 6.47 Å². The number of carbonyl (C=O) groups excluding carboxylic acids is 1. The fourth-order valence-electron chi connectivity index (χ4n) is 1.77. The summed E-state index contributed by atoms with van der Waals surface area (Å²) in [5.41, 5.74) is 0.852. The topological polar surface area (TPSA) is 84.9 Å². The highest BCUT2D eigenvalue weighted by Gasteiger charge is 2.29. The summed E-state index contributed by atoms with van der Waals surface area (Å²) >= 11 is 6.10. The van der Waals surface area contributed by atoms with Crippen LogP contribution in [0.25, 0.3) is 0 Å². The zero-order chi connectivity index (χ0) is 14.5. The highest BCUT2D eigenvalue weighted by molar-refractivity contribution is 6.31. The Morgan fingerprint density at radius 2 is 2.00 bits per heavy atom. The molecule has 1 aliphatic heterocycles. The smallest absolute Gasteiger partial charge is 0.290 e. The molecule has 0 unspecified atom stereocenters. The van der Waals surface area contributed by atoms with Crippen molar-refractivity contribution in [2.45, 2.75) is 19.4 Å². The summed E-state index contributed by atoms with van der Waals surface area (Å²) in [7, 11) is 0.